The molecule has 21 heavy (non-hydrogen) atoms. The minimum atomic E-state index is -0.157. The summed E-state index contributed by atoms with van der Waals surface area (Å²) < 4.78 is 0. The molecule has 3 rings (SSSR count). The van der Waals surface area contributed by atoms with Gasteiger partial charge in [0.25, 0.3) is 0 Å². The lowest BCUT2D eigenvalue weighted by Crippen LogP contribution is -2.52. The second-order valence-corrected chi connectivity index (χ2v) is 6.98. The summed E-state index contributed by atoms with van der Waals surface area (Å²) in [5.41, 5.74) is 0. The molecule has 118 valence electrons. The molecule has 0 bridgehead atoms. The van der Waals surface area contributed by atoms with E-state index in [0.29, 0.717) is 19.0 Å². The Morgan fingerprint density at radius 3 is 2.67 bits per heavy atom. The maximum Gasteiger partial charge on any atom is 0.245 e. The molecule has 0 spiro atoms. The number of nitrogens with zero attached hydrogens (tertiary/aromatic N) is 2. The van der Waals surface area contributed by atoms with Gasteiger partial charge in [-0.15, -0.1) is 0 Å². The Labute approximate surface area is 127 Å². The largest absolute Gasteiger partial charge is 0.337 e. The first-order chi connectivity index (χ1) is 10.2. The zero-order valence-corrected chi connectivity index (χ0v) is 13.2. The highest BCUT2D eigenvalue weighted by Gasteiger charge is 2.40. The second-order valence-electron chi connectivity index (χ2n) is 6.98. The van der Waals surface area contributed by atoms with E-state index in [1.165, 1.54) is 19.3 Å². The van der Waals surface area contributed by atoms with Crippen LogP contribution in [0.3, 0.4) is 0 Å². The lowest BCUT2D eigenvalue weighted by atomic mass is 9.83. The summed E-state index contributed by atoms with van der Waals surface area (Å²) in [6, 6.07) is 0.224. The molecule has 0 aromatic heterocycles. The van der Waals surface area contributed by atoms with Crippen molar-refractivity contribution in [3.05, 3.63) is 0 Å². The van der Waals surface area contributed by atoms with Gasteiger partial charge in [0.2, 0.25) is 11.8 Å². The average Bonchev–Trinajstić information content (AvgIpc) is 2.66. The first-order valence-corrected chi connectivity index (χ1v) is 8.80. The van der Waals surface area contributed by atoms with Crippen LogP contribution in [0, 0.1) is 5.92 Å². The fraction of sp³-hybridized carbons (Fsp3) is 0.882. The third-order valence-electron chi connectivity index (χ3n) is 5.73. The number of piperidine rings is 1. The number of fused-ring (bicyclic) bond motifs is 1. The molecule has 2 heterocycles. The summed E-state index contributed by atoms with van der Waals surface area (Å²) in [5.74, 6) is 1.19. The molecule has 1 aliphatic carbocycles. The molecule has 4 heteroatoms. The summed E-state index contributed by atoms with van der Waals surface area (Å²) in [6.07, 6.45) is 9.55. The van der Waals surface area contributed by atoms with E-state index in [9.17, 15) is 9.59 Å². The molecule has 0 N–H and O–H groups in total. The first kappa shape index (κ1) is 14.9. The molecule has 0 aromatic carbocycles. The maximum atomic E-state index is 13.0. The second kappa shape index (κ2) is 6.37. The minimum Gasteiger partial charge on any atom is -0.337 e. The summed E-state index contributed by atoms with van der Waals surface area (Å²) in [6.45, 7) is 3.68. The summed E-state index contributed by atoms with van der Waals surface area (Å²) in [4.78, 5) is 29.2. The smallest absolute Gasteiger partial charge is 0.245 e. The molecule has 1 saturated carbocycles. The normalized spacial score (nSPS) is 34.6. The van der Waals surface area contributed by atoms with Crippen molar-refractivity contribution in [2.75, 3.05) is 13.1 Å². The molecule has 2 saturated heterocycles. The molecule has 0 aromatic rings. The van der Waals surface area contributed by atoms with Crippen LogP contribution in [0.15, 0.2) is 0 Å². The number of hydrogen-bond acceptors (Lipinski definition) is 2. The van der Waals surface area contributed by atoms with Gasteiger partial charge in [0, 0.05) is 25.6 Å². The Morgan fingerprint density at radius 2 is 1.86 bits per heavy atom. The minimum absolute atomic E-state index is 0.157. The molecule has 3 aliphatic rings. The van der Waals surface area contributed by atoms with E-state index in [1.807, 2.05) is 4.90 Å². The molecule has 4 nitrogen and oxygen atoms in total. The average molecular weight is 292 g/mol. The van der Waals surface area contributed by atoms with E-state index in [-0.39, 0.29) is 17.9 Å². The molecular formula is C17H28N2O2. The Morgan fingerprint density at radius 1 is 1.00 bits per heavy atom. The van der Waals surface area contributed by atoms with Crippen molar-refractivity contribution in [1.82, 2.24) is 9.80 Å². The number of rotatable bonds is 2. The maximum absolute atomic E-state index is 13.0. The standard InChI is InChI=1S/C17H28N2O2/c1-2-13-6-5-7-14(12-13)18-11-9-16(20)19-10-4-3-8-15(19)17(18)21/h13-15H,2-12H2,1H3. The van der Waals surface area contributed by atoms with Gasteiger partial charge in [-0.25, -0.2) is 0 Å². The van der Waals surface area contributed by atoms with Crippen LogP contribution in [-0.4, -0.2) is 46.8 Å². The Hall–Kier alpha value is -1.06. The van der Waals surface area contributed by atoms with E-state index in [0.717, 1.165) is 44.6 Å². The molecule has 3 fully saturated rings. The zero-order chi connectivity index (χ0) is 14.8. The molecule has 0 radical (unpaired) electrons. The van der Waals surface area contributed by atoms with Gasteiger partial charge in [0.05, 0.1) is 0 Å². The third kappa shape index (κ3) is 2.95. The molecule has 2 aliphatic heterocycles. The van der Waals surface area contributed by atoms with Gasteiger partial charge < -0.3 is 9.80 Å². The van der Waals surface area contributed by atoms with Crippen LogP contribution < -0.4 is 0 Å². The topological polar surface area (TPSA) is 40.6 Å². The quantitative estimate of drug-likeness (QED) is 0.785. The summed E-state index contributed by atoms with van der Waals surface area (Å²) >= 11 is 0. The van der Waals surface area contributed by atoms with E-state index < -0.39 is 0 Å². The Balaban J connectivity index is 1.75. The van der Waals surface area contributed by atoms with Crippen molar-refractivity contribution in [2.45, 2.75) is 76.8 Å². The van der Waals surface area contributed by atoms with Crippen molar-refractivity contribution in [2.24, 2.45) is 5.92 Å². The van der Waals surface area contributed by atoms with E-state index >= 15 is 0 Å². The van der Waals surface area contributed by atoms with Gasteiger partial charge in [0.15, 0.2) is 0 Å². The van der Waals surface area contributed by atoms with Crippen LogP contribution >= 0.6 is 0 Å². The van der Waals surface area contributed by atoms with Crippen LogP contribution in [0.1, 0.15) is 64.7 Å². The van der Waals surface area contributed by atoms with Crippen molar-refractivity contribution >= 4 is 11.8 Å². The lowest BCUT2D eigenvalue weighted by molar-refractivity contribution is -0.144. The van der Waals surface area contributed by atoms with Crippen LogP contribution in [0.5, 0.6) is 0 Å². The highest BCUT2D eigenvalue weighted by atomic mass is 16.2. The highest BCUT2D eigenvalue weighted by molar-refractivity contribution is 5.90. The number of carbonyl (C=O) groups is 2. The fourth-order valence-electron chi connectivity index (χ4n) is 4.43. The molecular weight excluding hydrogens is 264 g/mol. The number of hydrogen-bond donors (Lipinski definition) is 0. The van der Waals surface area contributed by atoms with Crippen molar-refractivity contribution in [3.8, 4) is 0 Å². The molecule has 3 atom stereocenters. The van der Waals surface area contributed by atoms with Gasteiger partial charge in [0.1, 0.15) is 6.04 Å². The Kier molecular flexibility index (Phi) is 4.51. The first-order valence-electron chi connectivity index (χ1n) is 8.80. The van der Waals surface area contributed by atoms with Gasteiger partial charge in [-0.05, 0) is 38.0 Å². The Bertz CT molecular complexity index is 410. The van der Waals surface area contributed by atoms with Gasteiger partial charge in [-0.3, -0.25) is 9.59 Å². The molecule has 2 amide bonds. The fourth-order valence-corrected chi connectivity index (χ4v) is 4.43. The number of carbonyl (C=O) groups excluding carboxylic acids is 2. The van der Waals surface area contributed by atoms with Crippen molar-refractivity contribution in [3.63, 3.8) is 0 Å². The van der Waals surface area contributed by atoms with Crippen LogP contribution in [0.2, 0.25) is 0 Å². The monoisotopic (exact) mass is 292 g/mol. The van der Waals surface area contributed by atoms with Crippen LogP contribution in [-0.2, 0) is 9.59 Å². The van der Waals surface area contributed by atoms with Gasteiger partial charge >= 0.3 is 0 Å². The van der Waals surface area contributed by atoms with E-state index in [1.54, 1.807) is 0 Å². The highest BCUT2D eigenvalue weighted by Crippen LogP contribution is 2.32. The lowest BCUT2D eigenvalue weighted by Gasteiger charge is -2.39. The van der Waals surface area contributed by atoms with E-state index in [2.05, 4.69) is 11.8 Å². The van der Waals surface area contributed by atoms with Crippen molar-refractivity contribution in [1.29, 1.82) is 0 Å². The predicted molar refractivity (Wildman–Crippen MR) is 81.7 cm³/mol. The molecule has 3 unspecified atom stereocenters. The van der Waals surface area contributed by atoms with Gasteiger partial charge in [-0.2, -0.15) is 0 Å². The summed E-state index contributed by atoms with van der Waals surface area (Å²) in [7, 11) is 0. The van der Waals surface area contributed by atoms with Gasteiger partial charge in [-0.1, -0.05) is 26.2 Å². The zero-order valence-electron chi connectivity index (χ0n) is 13.2. The third-order valence-corrected chi connectivity index (χ3v) is 5.73. The summed E-state index contributed by atoms with van der Waals surface area (Å²) in [5, 5.41) is 0. The van der Waals surface area contributed by atoms with E-state index in [4.69, 9.17) is 0 Å². The van der Waals surface area contributed by atoms with Crippen LogP contribution in [0.25, 0.3) is 0 Å². The van der Waals surface area contributed by atoms with Crippen molar-refractivity contribution < 1.29 is 9.59 Å². The number of amides is 2. The predicted octanol–water partition coefficient (Wildman–Crippen LogP) is 2.57. The SMILES string of the molecule is CCC1CCCC(N2CCC(=O)N3CCCCC3C2=O)C1. The van der Waals surface area contributed by atoms with Crippen LogP contribution in [0.4, 0.5) is 0 Å².